The van der Waals surface area contributed by atoms with E-state index in [2.05, 4.69) is 4.98 Å². The highest BCUT2D eigenvalue weighted by Gasteiger charge is 2.60. The van der Waals surface area contributed by atoms with E-state index in [9.17, 15) is 18.0 Å². The predicted molar refractivity (Wildman–Crippen MR) is 70.3 cm³/mol. The van der Waals surface area contributed by atoms with E-state index in [4.69, 9.17) is 11.6 Å². The molecule has 1 aliphatic carbocycles. The van der Waals surface area contributed by atoms with Gasteiger partial charge in [-0.25, -0.2) is 0 Å². The summed E-state index contributed by atoms with van der Waals surface area (Å²) in [4.78, 5) is 15.0. The number of ketones is 1. The molecule has 0 bridgehead atoms. The molecule has 110 valence electrons. The van der Waals surface area contributed by atoms with E-state index in [1.165, 1.54) is 0 Å². The van der Waals surface area contributed by atoms with Crippen LogP contribution in [0.15, 0.2) is 29.6 Å². The summed E-state index contributed by atoms with van der Waals surface area (Å²) in [7, 11) is 0. The molecule has 6 heteroatoms. The number of carbonyl (C=O) groups excluding carboxylic acids is 1. The Morgan fingerprint density at radius 2 is 2.15 bits per heavy atom. The summed E-state index contributed by atoms with van der Waals surface area (Å²) in [6.07, 6.45) is 0.0701. The molecule has 0 spiro atoms. The SMILES string of the molecule is CC1(C)[C@H](/C=C(\Cl)C(F)(F)F)[C@@H]1C(=O)Cc1cc[nH]c1. The first-order chi connectivity index (χ1) is 9.14. The lowest BCUT2D eigenvalue weighted by Crippen LogP contribution is -2.09. The van der Waals surface area contributed by atoms with Crippen molar-refractivity contribution >= 4 is 17.4 Å². The number of aromatic nitrogens is 1. The first kappa shape index (κ1) is 15.2. The molecule has 1 aliphatic rings. The van der Waals surface area contributed by atoms with Crippen LogP contribution in [-0.2, 0) is 11.2 Å². The van der Waals surface area contributed by atoms with Gasteiger partial charge in [0, 0.05) is 24.7 Å². The molecule has 0 aromatic carbocycles. The zero-order chi connectivity index (χ0) is 15.1. The number of hydrogen-bond donors (Lipinski definition) is 1. The van der Waals surface area contributed by atoms with Crippen LogP contribution in [0.1, 0.15) is 19.4 Å². The highest BCUT2D eigenvalue weighted by molar-refractivity contribution is 6.30. The van der Waals surface area contributed by atoms with Gasteiger partial charge in [-0.1, -0.05) is 31.5 Å². The molecule has 1 fully saturated rings. The van der Waals surface area contributed by atoms with Crippen molar-refractivity contribution in [3.8, 4) is 0 Å². The normalized spacial score (nSPS) is 25.6. The molecule has 0 unspecified atom stereocenters. The molecule has 2 nitrogen and oxygen atoms in total. The van der Waals surface area contributed by atoms with Crippen molar-refractivity contribution in [3.05, 3.63) is 35.1 Å². The van der Waals surface area contributed by atoms with Crippen LogP contribution in [0.25, 0.3) is 0 Å². The Labute approximate surface area is 120 Å². The van der Waals surface area contributed by atoms with Gasteiger partial charge in [0.1, 0.15) is 10.8 Å². The second kappa shape index (κ2) is 4.95. The maximum absolute atomic E-state index is 12.4. The largest absolute Gasteiger partial charge is 0.426 e. The number of hydrogen-bond acceptors (Lipinski definition) is 1. The summed E-state index contributed by atoms with van der Waals surface area (Å²) in [5, 5.41) is -1.15. The molecule has 20 heavy (non-hydrogen) atoms. The number of alkyl halides is 3. The molecule has 1 heterocycles. The van der Waals surface area contributed by atoms with Crippen LogP contribution >= 0.6 is 11.6 Å². The molecule has 0 radical (unpaired) electrons. The fourth-order valence-electron chi connectivity index (χ4n) is 2.64. The maximum Gasteiger partial charge on any atom is 0.426 e. The molecule has 1 saturated carbocycles. The quantitative estimate of drug-likeness (QED) is 0.893. The Morgan fingerprint density at radius 1 is 1.50 bits per heavy atom. The summed E-state index contributed by atoms with van der Waals surface area (Å²) in [6.45, 7) is 3.57. The molecule has 0 saturated heterocycles. The van der Waals surface area contributed by atoms with E-state index in [1.54, 1.807) is 32.3 Å². The van der Waals surface area contributed by atoms with E-state index in [1.807, 2.05) is 0 Å². The molecule has 0 aliphatic heterocycles. The van der Waals surface area contributed by atoms with E-state index in [-0.39, 0.29) is 12.2 Å². The van der Waals surface area contributed by atoms with Crippen LogP contribution in [0.4, 0.5) is 13.2 Å². The highest BCUT2D eigenvalue weighted by Crippen LogP contribution is 2.60. The number of H-pyrrole nitrogens is 1. The molecular formula is C14H15ClF3NO. The van der Waals surface area contributed by atoms with Gasteiger partial charge in [-0.2, -0.15) is 13.2 Å². The summed E-state index contributed by atoms with van der Waals surface area (Å²) >= 11 is 5.25. The third kappa shape index (κ3) is 2.92. The molecule has 1 N–H and O–H groups in total. The van der Waals surface area contributed by atoms with Gasteiger partial charge in [0.25, 0.3) is 0 Å². The Bertz CT molecular complexity index is 531. The smallest absolute Gasteiger partial charge is 0.367 e. The molecule has 1 aromatic heterocycles. The number of Topliss-reactive ketones (excluding diaryl/α,β-unsaturated/α-hetero) is 1. The van der Waals surface area contributed by atoms with Gasteiger partial charge in [0.2, 0.25) is 0 Å². The van der Waals surface area contributed by atoms with Crippen molar-refractivity contribution in [1.82, 2.24) is 4.98 Å². The monoisotopic (exact) mass is 305 g/mol. The van der Waals surface area contributed by atoms with Crippen LogP contribution in [0.5, 0.6) is 0 Å². The van der Waals surface area contributed by atoms with E-state index in [0.29, 0.717) is 0 Å². The molecule has 0 amide bonds. The van der Waals surface area contributed by atoms with Crippen molar-refractivity contribution in [3.63, 3.8) is 0 Å². The Hall–Kier alpha value is -1.23. The second-order valence-electron chi connectivity index (χ2n) is 5.70. The number of nitrogens with one attached hydrogen (secondary N) is 1. The Balaban J connectivity index is 2.08. The minimum Gasteiger partial charge on any atom is -0.367 e. The van der Waals surface area contributed by atoms with Crippen molar-refractivity contribution in [1.29, 1.82) is 0 Å². The van der Waals surface area contributed by atoms with E-state index >= 15 is 0 Å². The van der Waals surface area contributed by atoms with Gasteiger partial charge in [-0.15, -0.1) is 0 Å². The van der Waals surface area contributed by atoms with Crippen molar-refractivity contribution in [2.75, 3.05) is 0 Å². The van der Waals surface area contributed by atoms with Gasteiger partial charge in [0.05, 0.1) is 0 Å². The Kier molecular flexibility index (Phi) is 3.75. The molecule has 2 rings (SSSR count). The van der Waals surface area contributed by atoms with Crippen LogP contribution < -0.4 is 0 Å². The Morgan fingerprint density at radius 3 is 2.65 bits per heavy atom. The first-order valence-corrected chi connectivity index (χ1v) is 6.60. The van der Waals surface area contributed by atoms with Gasteiger partial charge in [-0.3, -0.25) is 4.79 Å². The lowest BCUT2D eigenvalue weighted by atomic mass is 10.0. The number of rotatable bonds is 4. The zero-order valence-electron chi connectivity index (χ0n) is 11.1. The van der Waals surface area contributed by atoms with Gasteiger partial charge < -0.3 is 4.98 Å². The fourth-order valence-corrected chi connectivity index (χ4v) is 2.77. The minimum absolute atomic E-state index is 0.0532. The number of halogens is 4. The average molecular weight is 306 g/mol. The van der Waals surface area contributed by atoms with Gasteiger partial charge in [0.15, 0.2) is 0 Å². The molecular weight excluding hydrogens is 291 g/mol. The minimum atomic E-state index is -4.55. The first-order valence-electron chi connectivity index (χ1n) is 6.23. The predicted octanol–water partition coefficient (Wildman–Crippen LogP) is 4.08. The molecule has 1 aromatic rings. The second-order valence-corrected chi connectivity index (χ2v) is 6.11. The van der Waals surface area contributed by atoms with Crippen molar-refractivity contribution < 1.29 is 18.0 Å². The number of carbonyl (C=O) groups is 1. The number of allylic oxidation sites excluding steroid dienone is 2. The van der Waals surface area contributed by atoms with Crippen LogP contribution in [0.3, 0.4) is 0 Å². The van der Waals surface area contributed by atoms with Gasteiger partial charge in [-0.05, 0) is 23.0 Å². The summed E-state index contributed by atoms with van der Waals surface area (Å²) in [5.74, 6) is -0.918. The van der Waals surface area contributed by atoms with E-state index < -0.39 is 28.5 Å². The van der Waals surface area contributed by atoms with E-state index in [0.717, 1.165) is 11.6 Å². The van der Waals surface area contributed by atoms with Gasteiger partial charge >= 0.3 is 6.18 Å². The average Bonchev–Trinajstić information content (AvgIpc) is 2.68. The third-order valence-electron chi connectivity index (χ3n) is 3.89. The summed E-state index contributed by atoms with van der Waals surface area (Å²) in [6, 6.07) is 1.78. The topological polar surface area (TPSA) is 32.9 Å². The highest BCUT2D eigenvalue weighted by atomic mass is 35.5. The maximum atomic E-state index is 12.4. The van der Waals surface area contributed by atoms with Crippen LogP contribution in [0.2, 0.25) is 0 Å². The number of aromatic amines is 1. The standard InChI is InChI=1S/C14H15ClF3NO/c1-13(2)9(6-11(15)14(16,17)18)12(13)10(20)5-8-3-4-19-7-8/h3-4,6-7,9,12,19H,5H2,1-2H3/b11-6-/t9-,12-/m1/s1. The fraction of sp³-hybridized carbons (Fsp3) is 0.500. The van der Waals surface area contributed by atoms with Crippen LogP contribution in [-0.4, -0.2) is 16.9 Å². The third-order valence-corrected chi connectivity index (χ3v) is 4.24. The summed E-state index contributed by atoms with van der Waals surface area (Å²) < 4.78 is 37.3. The molecule has 2 atom stereocenters. The lowest BCUT2D eigenvalue weighted by molar-refractivity contribution is -0.120. The summed E-state index contributed by atoms with van der Waals surface area (Å²) in [5.41, 5.74) is 0.362. The van der Waals surface area contributed by atoms with Crippen molar-refractivity contribution in [2.45, 2.75) is 26.4 Å². The van der Waals surface area contributed by atoms with Crippen LogP contribution in [0, 0.1) is 17.3 Å². The lowest BCUT2D eigenvalue weighted by Gasteiger charge is -2.04. The van der Waals surface area contributed by atoms with Crippen molar-refractivity contribution in [2.24, 2.45) is 17.3 Å². The zero-order valence-corrected chi connectivity index (χ0v) is 11.8.